The van der Waals surface area contributed by atoms with Crippen molar-refractivity contribution in [3.8, 4) is 11.5 Å². The summed E-state index contributed by atoms with van der Waals surface area (Å²) in [5.74, 6) is 2.18. The Balaban J connectivity index is 1.58. The largest absolute Gasteiger partial charge is 0.497 e. The molecule has 1 N–H and O–H groups in total. The second kappa shape index (κ2) is 7.85. The number of ether oxygens (including phenoxy) is 2. The van der Waals surface area contributed by atoms with Gasteiger partial charge in [-0.15, -0.1) is 0 Å². The molecule has 8 heteroatoms. The number of nitrogens with one attached hydrogen (secondary N) is 1. The van der Waals surface area contributed by atoms with Crippen LogP contribution in [0.25, 0.3) is 0 Å². The summed E-state index contributed by atoms with van der Waals surface area (Å²) in [6.45, 7) is 0. The predicted octanol–water partition coefficient (Wildman–Crippen LogP) is 4.47. The Morgan fingerprint density at radius 1 is 1.13 bits per heavy atom. The molecule has 0 fully saturated rings. The third-order valence-corrected chi connectivity index (χ3v) is 6.40. The van der Waals surface area contributed by atoms with Gasteiger partial charge in [0.2, 0.25) is 5.95 Å². The molecule has 0 saturated heterocycles. The van der Waals surface area contributed by atoms with E-state index in [2.05, 4.69) is 31.3 Å². The van der Waals surface area contributed by atoms with Crippen molar-refractivity contribution in [3.63, 3.8) is 0 Å². The van der Waals surface area contributed by atoms with Crippen LogP contribution in [0.5, 0.6) is 11.5 Å². The molecule has 0 spiro atoms. The van der Waals surface area contributed by atoms with E-state index in [1.807, 2.05) is 42.5 Å². The number of fused-ring (bicyclic) bond motifs is 1. The highest BCUT2D eigenvalue weighted by Gasteiger charge is 2.39. The van der Waals surface area contributed by atoms with Gasteiger partial charge in [-0.2, -0.15) is 10.1 Å². The van der Waals surface area contributed by atoms with Gasteiger partial charge in [0.05, 0.1) is 14.2 Å². The Morgan fingerprint density at radius 3 is 2.77 bits per heavy atom. The number of aromatic nitrogens is 3. The summed E-state index contributed by atoms with van der Waals surface area (Å²) in [6.07, 6.45) is 2.60. The van der Waals surface area contributed by atoms with Gasteiger partial charge in [0.25, 0.3) is 0 Å². The van der Waals surface area contributed by atoms with Gasteiger partial charge in [-0.05, 0) is 35.7 Å². The summed E-state index contributed by atoms with van der Waals surface area (Å²) in [7, 11) is 3.26. The molecule has 2 aromatic carbocycles. The number of hydrogen-bond acceptors (Lipinski definition) is 6. The lowest BCUT2D eigenvalue weighted by atomic mass is 9.77. The highest BCUT2D eigenvalue weighted by molar-refractivity contribution is 9.10. The van der Waals surface area contributed by atoms with Gasteiger partial charge in [0, 0.05) is 34.1 Å². The van der Waals surface area contributed by atoms with Crippen molar-refractivity contribution in [1.29, 1.82) is 0 Å². The number of rotatable bonds is 4. The monoisotopic (exact) mass is 480 g/mol. The molecule has 2 aliphatic rings. The molecule has 0 bridgehead atoms. The molecule has 0 unspecified atom stereocenters. The van der Waals surface area contributed by atoms with Crippen LogP contribution < -0.4 is 14.8 Å². The van der Waals surface area contributed by atoms with E-state index in [0.29, 0.717) is 18.8 Å². The van der Waals surface area contributed by atoms with Gasteiger partial charge in [0.15, 0.2) is 5.78 Å². The van der Waals surface area contributed by atoms with Crippen LogP contribution in [0.15, 0.2) is 64.5 Å². The number of benzene rings is 2. The minimum absolute atomic E-state index is 0.00256. The van der Waals surface area contributed by atoms with E-state index in [0.717, 1.165) is 38.4 Å². The number of methoxy groups -OCH3 is 2. The fourth-order valence-corrected chi connectivity index (χ4v) is 4.93. The second-order valence-electron chi connectivity index (χ2n) is 7.64. The first kappa shape index (κ1) is 19.8. The summed E-state index contributed by atoms with van der Waals surface area (Å²) in [5.41, 5.74) is 3.63. The summed E-state index contributed by atoms with van der Waals surface area (Å²) < 4.78 is 13.7. The number of anilines is 1. The maximum absolute atomic E-state index is 13.5. The molecule has 1 aromatic heterocycles. The van der Waals surface area contributed by atoms with Crippen molar-refractivity contribution in [3.05, 3.63) is 75.7 Å². The van der Waals surface area contributed by atoms with Crippen molar-refractivity contribution in [1.82, 2.24) is 14.8 Å². The van der Waals surface area contributed by atoms with Crippen LogP contribution in [-0.2, 0) is 4.79 Å². The molecule has 1 aliphatic carbocycles. The second-order valence-corrected chi connectivity index (χ2v) is 8.55. The molecular weight excluding hydrogens is 460 g/mol. The number of hydrogen-bond donors (Lipinski definition) is 1. The van der Waals surface area contributed by atoms with Gasteiger partial charge in [-0.3, -0.25) is 4.79 Å². The third-order valence-electron chi connectivity index (χ3n) is 5.91. The first-order valence-electron chi connectivity index (χ1n) is 9.99. The van der Waals surface area contributed by atoms with E-state index in [4.69, 9.17) is 9.47 Å². The minimum Gasteiger partial charge on any atom is -0.497 e. The first-order chi connectivity index (χ1) is 15.1. The highest BCUT2D eigenvalue weighted by atomic mass is 79.9. The van der Waals surface area contributed by atoms with E-state index in [9.17, 15) is 4.79 Å². The van der Waals surface area contributed by atoms with Gasteiger partial charge in [-0.25, -0.2) is 4.68 Å². The molecule has 2 heterocycles. The van der Waals surface area contributed by atoms with Crippen molar-refractivity contribution >= 4 is 27.7 Å². The molecule has 5 rings (SSSR count). The summed E-state index contributed by atoms with van der Waals surface area (Å²) in [4.78, 5) is 17.9. The van der Waals surface area contributed by atoms with Gasteiger partial charge in [0.1, 0.15) is 23.9 Å². The number of carbonyl (C=O) groups excluding carboxylic acids is 1. The number of Topliss-reactive ketones (excluding diaryl/α,β-unsaturated/α-hetero) is 1. The average molecular weight is 481 g/mol. The molecule has 0 amide bonds. The Bertz CT molecular complexity index is 1200. The van der Waals surface area contributed by atoms with E-state index in [1.54, 1.807) is 18.9 Å². The number of nitrogens with zero attached hydrogens (tertiary/aromatic N) is 3. The lowest BCUT2D eigenvalue weighted by Gasteiger charge is -2.35. The van der Waals surface area contributed by atoms with Crippen LogP contribution >= 0.6 is 15.9 Å². The Labute approximate surface area is 188 Å². The van der Waals surface area contributed by atoms with Gasteiger partial charge in [-0.1, -0.05) is 34.1 Å². The summed E-state index contributed by atoms with van der Waals surface area (Å²) in [6, 6.07) is 13.4. The fourth-order valence-electron chi connectivity index (χ4n) is 4.51. The maximum Gasteiger partial charge on any atom is 0.226 e. The fraction of sp³-hybridized carbons (Fsp3) is 0.261. The molecule has 1 aliphatic heterocycles. The SMILES string of the molecule is COc1ccc([C@H]2CC(=O)C3=C(C2)Nc2ncnn2[C@@H]3c2cccc(Br)c2)c(OC)c1. The molecule has 3 aromatic rings. The minimum atomic E-state index is -0.308. The van der Waals surface area contributed by atoms with Crippen LogP contribution in [-0.4, -0.2) is 34.8 Å². The Hall–Kier alpha value is -3.13. The highest BCUT2D eigenvalue weighted by Crippen LogP contribution is 2.46. The van der Waals surface area contributed by atoms with E-state index in [-0.39, 0.29) is 17.7 Å². The molecule has 7 nitrogen and oxygen atoms in total. The topological polar surface area (TPSA) is 78.3 Å². The van der Waals surface area contributed by atoms with Crippen molar-refractivity contribution in [2.45, 2.75) is 24.8 Å². The average Bonchev–Trinajstić information content (AvgIpc) is 3.25. The van der Waals surface area contributed by atoms with Crippen molar-refractivity contribution in [2.75, 3.05) is 19.5 Å². The third kappa shape index (κ3) is 3.40. The number of allylic oxidation sites excluding steroid dienone is 2. The van der Waals surface area contributed by atoms with Crippen LogP contribution in [0, 0.1) is 0 Å². The normalized spacial score (nSPS) is 20.0. The van der Waals surface area contributed by atoms with E-state index >= 15 is 0 Å². The smallest absolute Gasteiger partial charge is 0.226 e. The zero-order valence-corrected chi connectivity index (χ0v) is 18.7. The van der Waals surface area contributed by atoms with Gasteiger partial charge >= 0.3 is 0 Å². The first-order valence-corrected chi connectivity index (χ1v) is 10.8. The molecule has 158 valence electrons. The molecule has 0 saturated carbocycles. The maximum atomic E-state index is 13.5. The Kier molecular flexibility index (Phi) is 5.02. The van der Waals surface area contributed by atoms with E-state index in [1.165, 1.54) is 6.33 Å². The number of ketones is 1. The van der Waals surface area contributed by atoms with E-state index < -0.39 is 0 Å². The molecule has 0 radical (unpaired) electrons. The van der Waals surface area contributed by atoms with Crippen molar-refractivity contribution in [2.24, 2.45) is 0 Å². The quantitative estimate of drug-likeness (QED) is 0.593. The zero-order chi connectivity index (χ0) is 21.5. The van der Waals surface area contributed by atoms with Crippen LogP contribution in [0.1, 0.15) is 35.9 Å². The molecule has 2 atom stereocenters. The van der Waals surface area contributed by atoms with Crippen LogP contribution in [0.2, 0.25) is 0 Å². The zero-order valence-electron chi connectivity index (χ0n) is 17.1. The summed E-state index contributed by atoms with van der Waals surface area (Å²) in [5, 5.41) is 7.76. The van der Waals surface area contributed by atoms with Gasteiger partial charge < -0.3 is 14.8 Å². The lowest BCUT2D eigenvalue weighted by Crippen LogP contribution is -2.33. The van der Waals surface area contributed by atoms with Crippen LogP contribution in [0.4, 0.5) is 5.95 Å². The number of halogens is 1. The van der Waals surface area contributed by atoms with Crippen molar-refractivity contribution < 1.29 is 14.3 Å². The standard InChI is InChI=1S/C23H21BrN4O3/c1-30-16-6-7-17(20(11-16)31-2)14-9-18-21(19(29)10-14)22(13-4-3-5-15(24)8-13)28-23(27-18)25-12-26-28/h3-8,11-12,14,22H,9-10H2,1-2H3,(H,25,26,27)/t14-,22-/m1/s1. The lowest BCUT2D eigenvalue weighted by molar-refractivity contribution is -0.116. The molecule has 31 heavy (non-hydrogen) atoms. The number of carbonyl (C=O) groups is 1. The summed E-state index contributed by atoms with van der Waals surface area (Å²) >= 11 is 3.54. The Morgan fingerprint density at radius 2 is 2.00 bits per heavy atom. The molecular formula is C23H21BrN4O3. The van der Waals surface area contributed by atoms with Crippen LogP contribution in [0.3, 0.4) is 0 Å². The predicted molar refractivity (Wildman–Crippen MR) is 119 cm³/mol.